The van der Waals surface area contributed by atoms with Gasteiger partial charge in [0.05, 0.1) is 6.10 Å². The first-order valence-corrected chi connectivity index (χ1v) is 12.1. The van der Waals surface area contributed by atoms with Crippen LogP contribution in [0.15, 0.2) is 23.8 Å². The van der Waals surface area contributed by atoms with Crippen LogP contribution in [0.4, 0.5) is 0 Å². The van der Waals surface area contributed by atoms with Gasteiger partial charge in [-0.05, 0) is 56.6 Å². The van der Waals surface area contributed by atoms with Gasteiger partial charge in [-0.2, -0.15) is 0 Å². The number of aliphatic hydroxyl groups is 1. The standard InChI is InChI=1S/C25H31ClO6/c1-5-19(28)32-24(20(29)21(26)30)13(2)10-17-16-7-6-14-11-15(27)8-9-22(14,3)25(16)18(31-25)12-23(17,24)4/h8-9,11,13,16-18,21,30H,5-7,10,12H2,1-4H3/t13-,16-,17-,18-,21?,22-,23-,24-,25+/m0/s1. The number of esters is 1. The molecule has 0 aromatic heterocycles. The number of epoxide rings is 1. The Bertz CT molecular complexity index is 969. The van der Waals surface area contributed by atoms with Crippen molar-refractivity contribution in [3.8, 4) is 0 Å². The molecular weight excluding hydrogens is 432 g/mol. The van der Waals surface area contributed by atoms with Crippen molar-refractivity contribution in [1.29, 1.82) is 0 Å². The van der Waals surface area contributed by atoms with E-state index in [1.165, 1.54) is 0 Å². The highest BCUT2D eigenvalue weighted by molar-refractivity contribution is 6.31. The summed E-state index contributed by atoms with van der Waals surface area (Å²) in [7, 11) is 0. The molecule has 32 heavy (non-hydrogen) atoms. The van der Waals surface area contributed by atoms with Gasteiger partial charge in [-0.3, -0.25) is 14.4 Å². The molecule has 4 fully saturated rings. The van der Waals surface area contributed by atoms with Crippen LogP contribution in [0.3, 0.4) is 0 Å². The van der Waals surface area contributed by atoms with Crippen molar-refractivity contribution < 1.29 is 29.0 Å². The van der Waals surface area contributed by atoms with Crippen molar-refractivity contribution >= 4 is 29.1 Å². The number of carbonyl (C=O) groups excluding carboxylic acids is 3. The van der Waals surface area contributed by atoms with Gasteiger partial charge in [0.1, 0.15) is 5.60 Å². The van der Waals surface area contributed by atoms with Crippen LogP contribution in [0.5, 0.6) is 0 Å². The Labute approximate surface area is 193 Å². The van der Waals surface area contributed by atoms with Crippen molar-refractivity contribution in [2.24, 2.45) is 28.6 Å². The molecule has 0 aromatic carbocycles. The minimum atomic E-state index is -1.74. The predicted octanol–water partition coefficient (Wildman–Crippen LogP) is 3.49. The van der Waals surface area contributed by atoms with Gasteiger partial charge < -0.3 is 14.6 Å². The number of alkyl halides is 1. The molecule has 0 amide bonds. The molecular formula is C25H31ClO6. The van der Waals surface area contributed by atoms with E-state index < -0.39 is 33.9 Å². The molecule has 3 saturated carbocycles. The van der Waals surface area contributed by atoms with E-state index in [9.17, 15) is 19.5 Å². The van der Waals surface area contributed by atoms with Crippen molar-refractivity contribution in [3.05, 3.63) is 23.8 Å². The molecule has 4 aliphatic carbocycles. The second-order valence-corrected chi connectivity index (χ2v) is 11.2. The van der Waals surface area contributed by atoms with Gasteiger partial charge in [0.2, 0.25) is 5.78 Å². The molecule has 1 unspecified atom stereocenters. The molecule has 1 N–H and O–H groups in total. The molecule has 174 valence electrons. The van der Waals surface area contributed by atoms with E-state index in [4.69, 9.17) is 21.1 Å². The number of fused-ring (bicyclic) bond motifs is 3. The monoisotopic (exact) mass is 462 g/mol. The van der Waals surface area contributed by atoms with Crippen LogP contribution in [0.2, 0.25) is 0 Å². The van der Waals surface area contributed by atoms with Crippen molar-refractivity contribution in [3.63, 3.8) is 0 Å². The van der Waals surface area contributed by atoms with E-state index in [0.717, 1.165) is 18.4 Å². The summed E-state index contributed by atoms with van der Waals surface area (Å²) in [5, 5.41) is 10.1. The molecule has 1 spiro atoms. The average Bonchev–Trinajstić information content (AvgIpc) is 3.41. The van der Waals surface area contributed by atoms with Crippen LogP contribution < -0.4 is 0 Å². The van der Waals surface area contributed by atoms with Gasteiger partial charge in [-0.25, -0.2) is 0 Å². The van der Waals surface area contributed by atoms with Crippen LogP contribution in [-0.4, -0.2) is 45.5 Å². The quantitative estimate of drug-likeness (QED) is 0.390. The van der Waals surface area contributed by atoms with Crippen molar-refractivity contribution in [2.75, 3.05) is 0 Å². The van der Waals surface area contributed by atoms with Gasteiger partial charge in [0, 0.05) is 23.2 Å². The summed E-state index contributed by atoms with van der Waals surface area (Å²) in [5.74, 6) is -1.14. The highest BCUT2D eigenvalue weighted by Crippen LogP contribution is 2.77. The largest absolute Gasteiger partial charge is 0.450 e. The molecule has 5 aliphatic rings. The Balaban J connectivity index is 1.61. The van der Waals surface area contributed by atoms with Crippen LogP contribution in [0.1, 0.15) is 59.8 Å². The summed E-state index contributed by atoms with van der Waals surface area (Å²) in [6.07, 6.45) is 8.30. The summed E-state index contributed by atoms with van der Waals surface area (Å²) in [5.41, 5.74) is -3.58. The average molecular weight is 463 g/mol. The first kappa shape index (κ1) is 22.3. The second kappa shape index (κ2) is 6.77. The van der Waals surface area contributed by atoms with E-state index in [2.05, 4.69) is 6.92 Å². The third-order valence-electron chi connectivity index (χ3n) is 9.62. The second-order valence-electron chi connectivity index (χ2n) is 10.8. The topological polar surface area (TPSA) is 93.2 Å². The third kappa shape index (κ3) is 2.41. The molecule has 1 saturated heterocycles. The molecule has 7 heteroatoms. The highest BCUT2D eigenvalue weighted by Gasteiger charge is 2.83. The third-order valence-corrected chi connectivity index (χ3v) is 9.82. The van der Waals surface area contributed by atoms with Crippen LogP contribution in [0, 0.1) is 28.6 Å². The van der Waals surface area contributed by atoms with Crippen LogP contribution >= 0.6 is 11.6 Å². The molecule has 0 radical (unpaired) electrons. The van der Waals surface area contributed by atoms with E-state index in [-0.39, 0.29) is 41.5 Å². The number of Topliss-reactive ketones (excluding diaryl/α,β-unsaturated/α-hetero) is 1. The lowest BCUT2D eigenvalue weighted by atomic mass is 9.46. The number of ketones is 2. The van der Waals surface area contributed by atoms with E-state index >= 15 is 0 Å². The zero-order valence-electron chi connectivity index (χ0n) is 19.0. The summed E-state index contributed by atoms with van der Waals surface area (Å²) in [6, 6.07) is 0. The predicted molar refractivity (Wildman–Crippen MR) is 117 cm³/mol. The fraction of sp³-hybridized carbons (Fsp3) is 0.720. The molecule has 0 aromatic rings. The van der Waals surface area contributed by atoms with Gasteiger partial charge in [-0.15, -0.1) is 0 Å². The number of allylic oxidation sites excluding steroid dienone is 2. The smallest absolute Gasteiger partial charge is 0.306 e. The maximum Gasteiger partial charge on any atom is 0.306 e. The zero-order chi connectivity index (χ0) is 23.3. The van der Waals surface area contributed by atoms with E-state index in [1.54, 1.807) is 19.1 Å². The molecule has 9 atom stereocenters. The minimum absolute atomic E-state index is 0.0202. The number of carbonyl (C=O) groups is 3. The first-order valence-electron chi connectivity index (χ1n) is 11.7. The van der Waals surface area contributed by atoms with Crippen LogP contribution in [-0.2, 0) is 23.9 Å². The lowest BCUT2D eigenvalue weighted by Gasteiger charge is -2.56. The maximum absolute atomic E-state index is 13.4. The zero-order valence-corrected chi connectivity index (χ0v) is 19.8. The van der Waals surface area contributed by atoms with Gasteiger partial charge in [0.25, 0.3) is 0 Å². The highest BCUT2D eigenvalue weighted by atomic mass is 35.5. The Hall–Kier alpha value is -1.50. The fourth-order valence-electron chi connectivity index (χ4n) is 8.19. The minimum Gasteiger partial charge on any atom is -0.450 e. The number of aliphatic hydroxyl groups excluding tert-OH is 1. The van der Waals surface area contributed by atoms with Crippen molar-refractivity contribution in [1.82, 2.24) is 0 Å². The summed E-state index contributed by atoms with van der Waals surface area (Å²) < 4.78 is 12.5. The molecule has 1 aliphatic heterocycles. The normalized spacial score (nSPS) is 49.2. The van der Waals surface area contributed by atoms with Gasteiger partial charge in [-0.1, -0.05) is 44.0 Å². The number of hydrogen-bond donors (Lipinski definition) is 1. The molecule has 6 nitrogen and oxygen atoms in total. The SMILES string of the molecule is CCC(=O)O[C@]1(C(=O)C(O)Cl)[C@@H](C)C[C@H]2[C@@H]3CCC4=CC(=O)C=C[C@]4(C)[C@@]34O[C@H]4C[C@@]21C. The Kier molecular flexibility index (Phi) is 4.72. The summed E-state index contributed by atoms with van der Waals surface area (Å²) in [4.78, 5) is 38.0. The summed E-state index contributed by atoms with van der Waals surface area (Å²) in [6.45, 7) is 7.80. The number of rotatable bonds is 4. The van der Waals surface area contributed by atoms with Gasteiger partial charge >= 0.3 is 5.97 Å². The first-order chi connectivity index (χ1) is 15.0. The fourth-order valence-corrected chi connectivity index (χ4v) is 8.35. The molecule has 1 heterocycles. The number of hydrogen-bond acceptors (Lipinski definition) is 6. The van der Waals surface area contributed by atoms with Crippen LogP contribution in [0.25, 0.3) is 0 Å². The molecule has 0 bridgehead atoms. The van der Waals surface area contributed by atoms with E-state index in [0.29, 0.717) is 12.8 Å². The van der Waals surface area contributed by atoms with Gasteiger partial charge in [0.15, 0.2) is 16.9 Å². The molecule has 5 rings (SSSR count). The Morgan fingerprint density at radius 1 is 1.34 bits per heavy atom. The maximum atomic E-state index is 13.4. The van der Waals surface area contributed by atoms with Crippen molar-refractivity contribution in [2.45, 2.75) is 82.7 Å². The Morgan fingerprint density at radius 2 is 2.06 bits per heavy atom. The lowest BCUT2D eigenvalue weighted by Crippen LogP contribution is -2.64. The Morgan fingerprint density at radius 3 is 2.72 bits per heavy atom. The number of ether oxygens (including phenoxy) is 2. The number of halogens is 1. The lowest BCUT2D eigenvalue weighted by molar-refractivity contribution is -0.194. The summed E-state index contributed by atoms with van der Waals surface area (Å²) >= 11 is 5.93. The van der Waals surface area contributed by atoms with E-state index in [1.807, 2.05) is 19.9 Å².